The Bertz CT molecular complexity index is 664. The fourth-order valence-electron chi connectivity index (χ4n) is 1.96. The molecule has 2 rings (SSSR count). The number of β-amino-alcohol motifs (C(OH)–C–C–N with tert-alkyl or cyclic N) is 1. The van der Waals surface area contributed by atoms with E-state index in [0.717, 1.165) is 16.4 Å². The van der Waals surface area contributed by atoms with Gasteiger partial charge >= 0.3 is 5.69 Å². The lowest BCUT2D eigenvalue weighted by atomic mass is 10.3. The minimum absolute atomic E-state index is 0.0604. The molecule has 1 heterocycles. The number of nitro benzene ring substituents is 1. The molecule has 0 bridgehead atoms. The van der Waals surface area contributed by atoms with Gasteiger partial charge in [0, 0.05) is 13.1 Å². The number of sulfonamides is 1. The Morgan fingerprint density at radius 3 is 2.55 bits per heavy atom. The van der Waals surface area contributed by atoms with Gasteiger partial charge in [0.2, 0.25) is 10.0 Å². The number of hydrogen-bond donors (Lipinski definition) is 1. The Hall–Kier alpha value is -0.930. The summed E-state index contributed by atoms with van der Waals surface area (Å²) in [7, 11) is -4.00. The van der Waals surface area contributed by atoms with E-state index in [2.05, 4.69) is 0 Å². The number of rotatable bonds is 3. The summed E-state index contributed by atoms with van der Waals surface area (Å²) in [4.78, 5) is 9.67. The summed E-state index contributed by atoms with van der Waals surface area (Å²) in [5, 5.41) is 19.5. The Morgan fingerprint density at radius 1 is 1.40 bits per heavy atom. The third-order valence-electron chi connectivity index (χ3n) is 2.96. The summed E-state index contributed by atoms with van der Waals surface area (Å²) in [6.07, 6.45) is -0.433. The van der Waals surface area contributed by atoms with Crippen molar-refractivity contribution >= 4 is 38.9 Å². The van der Waals surface area contributed by atoms with Gasteiger partial charge in [0.15, 0.2) is 0 Å². The lowest BCUT2D eigenvalue weighted by molar-refractivity contribution is -0.384. The Labute approximate surface area is 124 Å². The number of aliphatic hydroxyl groups is 1. The average Bonchev–Trinajstić information content (AvgIpc) is 2.75. The maximum atomic E-state index is 12.4. The maximum absolute atomic E-state index is 12.4. The van der Waals surface area contributed by atoms with Crippen LogP contribution in [0.15, 0.2) is 17.0 Å². The predicted molar refractivity (Wildman–Crippen MR) is 72.5 cm³/mol. The largest absolute Gasteiger partial charge is 0.392 e. The van der Waals surface area contributed by atoms with E-state index in [-0.39, 0.29) is 23.0 Å². The molecular weight excluding hydrogens is 331 g/mol. The summed E-state index contributed by atoms with van der Waals surface area (Å²) >= 11 is 11.5. The molecule has 0 aliphatic carbocycles. The van der Waals surface area contributed by atoms with Crippen molar-refractivity contribution in [1.29, 1.82) is 0 Å². The van der Waals surface area contributed by atoms with Crippen LogP contribution in [0.1, 0.15) is 6.42 Å². The molecule has 7 nitrogen and oxygen atoms in total. The highest BCUT2D eigenvalue weighted by Crippen LogP contribution is 2.38. The molecule has 1 aliphatic heterocycles. The van der Waals surface area contributed by atoms with Gasteiger partial charge in [-0.2, -0.15) is 4.31 Å². The first-order valence-corrected chi connectivity index (χ1v) is 7.75. The van der Waals surface area contributed by atoms with Gasteiger partial charge in [0.05, 0.1) is 11.0 Å². The molecule has 0 spiro atoms. The van der Waals surface area contributed by atoms with Crippen LogP contribution >= 0.6 is 23.2 Å². The van der Waals surface area contributed by atoms with E-state index in [9.17, 15) is 23.6 Å². The van der Waals surface area contributed by atoms with Crippen LogP contribution in [-0.4, -0.2) is 41.9 Å². The summed E-state index contributed by atoms with van der Waals surface area (Å²) in [6, 6.07) is 2.24. The predicted octanol–water partition coefficient (Wildman–Crippen LogP) is 1.66. The van der Waals surface area contributed by atoms with Gasteiger partial charge in [-0.3, -0.25) is 10.1 Å². The van der Waals surface area contributed by atoms with Crippen molar-refractivity contribution in [3.05, 3.63) is 32.3 Å². The molecular formula is C10H10Cl2N2O5S. The molecule has 1 aromatic carbocycles. The zero-order valence-electron chi connectivity index (χ0n) is 9.99. The minimum Gasteiger partial charge on any atom is -0.392 e. The van der Waals surface area contributed by atoms with Crippen LogP contribution in [0, 0.1) is 10.1 Å². The van der Waals surface area contributed by atoms with E-state index in [1.54, 1.807) is 0 Å². The van der Waals surface area contributed by atoms with Crippen molar-refractivity contribution < 1.29 is 18.4 Å². The van der Waals surface area contributed by atoms with Crippen LogP contribution in [-0.2, 0) is 10.0 Å². The van der Waals surface area contributed by atoms with E-state index < -0.39 is 31.8 Å². The number of hydrogen-bond acceptors (Lipinski definition) is 5. The molecule has 1 N–H and O–H groups in total. The Morgan fingerprint density at radius 2 is 2.05 bits per heavy atom. The number of halogens is 2. The summed E-state index contributed by atoms with van der Waals surface area (Å²) in [5.74, 6) is 0. The quantitative estimate of drug-likeness (QED) is 0.666. The van der Waals surface area contributed by atoms with Crippen LogP contribution < -0.4 is 0 Å². The molecule has 1 saturated heterocycles. The lowest BCUT2D eigenvalue weighted by Gasteiger charge is -2.16. The SMILES string of the molecule is O=[N+]([O-])c1c(Cl)ccc(S(=O)(=O)N2CCC(O)C2)c1Cl. The van der Waals surface area contributed by atoms with Crippen LogP contribution in [0.5, 0.6) is 0 Å². The van der Waals surface area contributed by atoms with Gasteiger partial charge in [-0.1, -0.05) is 23.2 Å². The van der Waals surface area contributed by atoms with E-state index in [1.165, 1.54) is 0 Å². The second-order valence-electron chi connectivity index (χ2n) is 4.27. The first-order chi connectivity index (χ1) is 9.25. The highest BCUT2D eigenvalue weighted by Gasteiger charge is 2.35. The second kappa shape index (κ2) is 5.45. The van der Waals surface area contributed by atoms with Crippen molar-refractivity contribution in [2.75, 3.05) is 13.1 Å². The normalized spacial score (nSPS) is 20.2. The van der Waals surface area contributed by atoms with Gasteiger partial charge in [-0.15, -0.1) is 0 Å². The average molecular weight is 341 g/mol. The number of aliphatic hydroxyl groups excluding tert-OH is 1. The van der Waals surface area contributed by atoms with Crippen molar-refractivity contribution in [3.8, 4) is 0 Å². The molecule has 0 radical (unpaired) electrons. The fourth-order valence-corrected chi connectivity index (χ4v) is 4.31. The highest BCUT2D eigenvalue weighted by atomic mass is 35.5. The zero-order chi connectivity index (χ0) is 15.1. The third-order valence-corrected chi connectivity index (χ3v) is 5.67. The van der Waals surface area contributed by atoms with Crippen LogP contribution in [0.25, 0.3) is 0 Å². The first-order valence-electron chi connectivity index (χ1n) is 5.55. The molecule has 0 saturated carbocycles. The van der Waals surface area contributed by atoms with Crippen molar-refractivity contribution in [2.45, 2.75) is 17.4 Å². The summed E-state index contributed by atoms with van der Waals surface area (Å²) < 4.78 is 25.7. The van der Waals surface area contributed by atoms with Gasteiger partial charge in [0.25, 0.3) is 0 Å². The molecule has 1 unspecified atom stereocenters. The Balaban J connectivity index is 2.53. The maximum Gasteiger partial charge on any atom is 0.307 e. The van der Waals surface area contributed by atoms with Gasteiger partial charge in [0.1, 0.15) is 14.9 Å². The molecule has 0 aromatic heterocycles. The summed E-state index contributed by atoms with van der Waals surface area (Å²) in [6.45, 7) is 0.0747. The Kier molecular flexibility index (Phi) is 4.22. The molecule has 1 aromatic rings. The molecule has 110 valence electrons. The van der Waals surface area contributed by atoms with E-state index in [0.29, 0.717) is 6.42 Å². The molecule has 0 amide bonds. The number of benzene rings is 1. The fraction of sp³-hybridized carbons (Fsp3) is 0.400. The lowest BCUT2D eigenvalue weighted by Crippen LogP contribution is -2.30. The molecule has 10 heteroatoms. The van der Waals surface area contributed by atoms with Crippen molar-refractivity contribution in [2.24, 2.45) is 0 Å². The van der Waals surface area contributed by atoms with Crippen LogP contribution in [0.3, 0.4) is 0 Å². The molecule has 1 aliphatic rings. The standard InChI is InChI=1S/C10H10Cl2N2O5S/c11-7-1-2-8(9(12)10(7)14(16)17)20(18,19)13-4-3-6(15)5-13/h1-2,6,15H,3-5H2. The highest BCUT2D eigenvalue weighted by molar-refractivity contribution is 7.89. The monoisotopic (exact) mass is 340 g/mol. The van der Waals surface area contributed by atoms with E-state index in [1.807, 2.05) is 0 Å². The van der Waals surface area contributed by atoms with Gasteiger partial charge < -0.3 is 5.11 Å². The van der Waals surface area contributed by atoms with E-state index in [4.69, 9.17) is 23.2 Å². The van der Waals surface area contributed by atoms with Gasteiger partial charge in [-0.25, -0.2) is 8.42 Å². The second-order valence-corrected chi connectivity index (χ2v) is 6.96. The molecule has 1 fully saturated rings. The number of nitro groups is 1. The van der Waals surface area contributed by atoms with E-state index >= 15 is 0 Å². The van der Waals surface area contributed by atoms with Crippen molar-refractivity contribution in [3.63, 3.8) is 0 Å². The van der Waals surface area contributed by atoms with Crippen molar-refractivity contribution in [1.82, 2.24) is 4.31 Å². The molecule has 1 atom stereocenters. The van der Waals surface area contributed by atoms with Crippen LogP contribution in [0.2, 0.25) is 10.0 Å². The smallest absolute Gasteiger partial charge is 0.307 e. The first kappa shape index (κ1) is 15.5. The third kappa shape index (κ3) is 2.61. The zero-order valence-corrected chi connectivity index (χ0v) is 12.3. The topological polar surface area (TPSA) is 101 Å². The minimum atomic E-state index is -4.00. The number of nitrogens with zero attached hydrogens (tertiary/aromatic N) is 2. The van der Waals surface area contributed by atoms with Crippen LogP contribution in [0.4, 0.5) is 5.69 Å². The van der Waals surface area contributed by atoms with Gasteiger partial charge in [-0.05, 0) is 18.6 Å². The summed E-state index contributed by atoms with van der Waals surface area (Å²) in [5.41, 5.74) is -0.644. The molecule has 20 heavy (non-hydrogen) atoms.